The molecule has 3 aromatic heterocycles. The molecule has 172 valence electrons. The molecule has 4 atom stereocenters. The first-order valence-electron chi connectivity index (χ1n) is 9.73. The van der Waals surface area contributed by atoms with Crippen LogP contribution in [0, 0.1) is 0 Å². The molecule has 0 saturated carbocycles. The molecule has 0 bridgehead atoms. The van der Waals surface area contributed by atoms with Crippen molar-refractivity contribution < 1.29 is 27.8 Å². The Labute approximate surface area is 185 Å². The molecular formula is C19H18N6O7S. The molecule has 13 nitrogen and oxygen atoms in total. The third-order valence-corrected chi connectivity index (χ3v) is 6.82. The SMILES string of the molecule is Nc1ncnc2c1ncn2[C@@H]1O[C@H](CNS(=O)(=O)c2coc3ccccc3c2=O)[C@@H](O)[C@H]1O. The molecule has 0 unspecified atom stereocenters. The number of aliphatic hydroxyl groups is 2. The van der Waals surface area contributed by atoms with Crippen LogP contribution >= 0.6 is 0 Å². The first-order valence-corrected chi connectivity index (χ1v) is 11.2. The van der Waals surface area contributed by atoms with E-state index in [0.717, 1.165) is 6.26 Å². The number of hydrogen-bond acceptors (Lipinski definition) is 11. The Morgan fingerprint density at radius 3 is 2.76 bits per heavy atom. The molecule has 0 spiro atoms. The fourth-order valence-corrected chi connectivity index (χ4v) is 4.77. The van der Waals surface area contributed by atoms with Crippen molar-refractivity contribution in [3.63, 3.8) is 0 Å². The van der Waals surface area contributed by atoms with Gasteiger partial charge in [-0.15, -0.1) is 0 Å². The number of nitrogens with one attached hydrogen (secondary N) is 1. The number of para-hydroxylation sites is 1. The minimum atomic E-state index is -4.31. The third-order valence-electron chi connectivity index (χ3n) is 5.41. The lowest BCUT2D eigenvalue weighted by atomic mass is 10.1. The monoisotopic (exact) mass is 474 g/mol. The summed E-state index contributed by atoms with van der Waals surface area (Å²) in [7, 11) is -4.31. The zero-order valence-corrected chi connectivity index (χ0v) is 17.6. The third kappa shape index (κ3) is 3.53. The van der Waals surface area contributed by atoms with Crippen molar-refractivity contribution in [2.75, 3.05) is 12.3 Å². The first kappa shape index (κ1) is 21.4. The van der Waals surface area contributed by atoms with Crippen LogP contribution in [0.2, 0.25) is 0 Å². The second-order valence-electron chi connectivity index (χ2n) is 7.41. The van der Waals surface area contributed by atoms with Crippen molar-refractivity contribution in [3.8, 4) is 0 Å². The van der Waals surface area contributed by atoms with E-state index in [9.17, 15) is 23.4 Å². The van der Waals surface area contributed by atoms with Crippen LogP contribution in [0.3, 0.4) is 0 Å². The molecule has 4 heterocycles. The number of hydrogen-bond donors (Lipinski definition) is 4. The molecule has 1 aliphatic rings. The summed E-state index contributed by atoms with van der Waals surface area (Å²) in [5, 5.41) is 21.0. The Balaban J connectivity index is 1.37. The summed E-state index contributed by atoms with van der Waals surface area (Å²) in [6, 6.07) is 6.24. The van der Waals surface area contributed by atoms with Gasteiger partial charge in [0.2, 0.25) is 15.5 Å². The van der Waals surface area contributed by atoms with Crippen molar-refractivity contribution in [2.24, 2.45) is 0 Å². The first-order chi connectivity index (χ1) is 15.8. The molecule has 0 amide bonds. The molecule has 5 N–H and O–H groups in total. The number of nitrogen functional groups attached to an aromatic ring is 1. The van der Waals surface area contributed by atoms with E-state index in [0.29, 0.717) is 0 Å². The molecule has 5 rings (SSSR count). The molecular weight excluding hydrogens is 456 g/mol. The number of anilines is 1. The molecule has 33 heavy (non-hydrogen) atoms. The summed E-state index contributed by atoms with van der Waals surface area (Å²) in [5.74, 6) is 0.130. The number of aliphatic hydroxyl groups excluding tert-OH is 2. The Hall–Kier alpha value is -3.43. The van der Waals surface area contributed by atoms with Crippen LogP contribution in [0.4, 0.5) is 5.82 Å². The van der Waals surface area contributed by atoms with E-state index in [1.807, 2.05) is 0 Å². The highest BCUT2D eigenvalue weighted by molar-refractivity contribution is 7.89. The predicted molar refractivity (Wildman–Crippen MR) is 113 cm³/mol. The lowest BCUT2D eigenvalue weighted by Crippen LogP contribution is -2.40. The van der Waals surface area contributed by atoms with Gasteiger partial charge < -0.3 is 25.1 Å². The number of aromatic nitrogens is 4. The molecule has 1 aromatic carbocycles. The van der Waals surface area contributed by atoms with E-state index in [2.05, 4.69) is 19.7 Å². The minimum absolute atomic E-state index is 0.112. The van der Waals surface area contributed by atoms with Gasteiger partial charge in [0.1, 0.15) is 42.0 Å². The summed E-state index contributed by atoms with van der Waals surface area (Å²) in [6.45, 7) is -0.424. The van der Waals surface area contributed by atoms with Crippen LogP contribution < -0.4 is 15.9 Å². The summed E-state index contributed by atoms with van der Waals surface area (Å²) in [4.78, 5) is 24.0. The van der Waals surface area contributed by atoms with Gasteiger partial charge in [0.25, 0.3) is 0 Å². The van der Waals surface area contributed by atoms with Crippen molar-refractivity contribution in [3.05, 3.63) is 53.4 Å². The number of fused-ring (bicyclic) bond motifs is 2. The second kappa shape index (κ2) is 7.86. The van der Waals surface area contributed by atoms with Crippen molar-refractivity contribution >= 4 is 38.0 Å². The average Bonchev–Trinajstić information content (AvgIpc) is 3.35. The normalized spacial score (nSPS) is 23.5. The number of benzene rings is 1. The van der Waals surface area contributed by atoms with Gasteiger partial charge in [0, 0.05) is 6.54 Å². The van der Waals surface area contributed by atoms with Crippen molar-refractivity contribution in [1.29, 1.82) is 0 Å². The standard InChI is InChI=1S/C19H18N6O7S/c20-17-13-18(22-7-21-17)25(8-23-13)19-16(28)15(27)11(32-19)5-24-33(29,30)12-6-31-10-4-2-1-3-9(10)14(12)26/h1-4,6-8,11,15-16,19,24,27-28H,5H2,(H2,20,21,22)/t11-,15-,16-,19-/m1/s1. The van der Waals surface area contributed by atoms with Gasteiger partial charge in [-0.2, -0.15) is 0 Å². The molecule has 4 aromatic rings. The predicted octanol–water partition coefficient (Wildman–Crippen LogP) is -0.887. The number of ether oxygens (including phenoxy) is 1. The highest BCUT2D eigenvalue weighted by atomic mass is 32.2. The highest BCUT2D eigenvalue weighted by Gasteiger charge is 2.44. The number of nitrogens with zero attached hydrogens (tertiary/aromatic N) is 4. The van der Waals surface area contributed by atoms with Gasteiger partial charge in [0.15, 0.2) is 22.6 Å². The number of rotatable bonds is 5. The van der Waals surface area contributed by atoms with Crippen LogP contribution in [0.1, 0.15) is 6.23 Å². The summed E-state index contributed by atoms with van der Waals surface area (Å²) >= 11 is 0. The quantitative estimate of drug-likeness (QED) is 0.280. The molecule has 1 aliphatic heterocycles. The van der Waals surface area contributed by atoms with Crippen LogP contribution in [-0.2, 0) is 14.8 Å². The maximum absolute atomic E-state index is 12.7. The molecule has 0 aliphatic carbocycles. The van der Waals surface area contributed by atoms with Crippen LogP contribution in [0.5, 0.6) is 0 Å². The summed E-state index contributed by atoms with van der Waals surface area (Å²) in [6.07, 6.45) is -1.71. The van der Waals surface area contributed by atoms with Gasteiger partial charge in [0.05, 0.1) is 11.7 Å². The number of sulfonamides is 1. The van der Waals surface area contributed by atoms with E-state index in [-0.39, 0.29) is 28.0 Å². The summed E-state index contributed by atoms with van der Waals surface area (Å²) < 4.78 is 40.1. The molecule has 1 fully saturated rings. The van der Waals surface area contributed by atoms with Gasteiger partial charge in [-0.3, -0.25) is 9.36 Å². The fraction of sp³-hybridized carbons (Fsp3) is 0.263. The van der Waals surface area contributed by atoms with E-state index in [1.54, 1.807) is 18.2 Å². The maximum atomic E-state index is 12.7. The second-order valence-corrected chi connectivity index (χ2v) is 9.14. The van der Waals surface area contributed by atoms with Crippen molar-refractivity contribution in [1.82, 2.24) is 24.2 Å². The van der Waals surface area contributed by atoms with E-state index >= 15 is 0 Å². The molecule has 1 saturated heterocycles. The van der Waals surface area contributed by atoms with Crippen LogP contribution in [0.15, 0.2) is 57.3 Å². The van der Waals surface area contributed by atoms with Gasteiger partial charge in [-0.05, 0) is 12.1 Å². The highest BCUT2D eigenvalue weighted by Crippen LogP contribution is 2.31. The maximum Gasteiger partial charge on any atom is 0.247 e. The molecule has 14 heteroatoms. The van der Waals surface area contributed by atoms with Gasteiger partial charge >= 0.3 is 0 Å². The number of nitrogens with two attached hydrogens (primary N) is 1. The van der Waals surface area contributed by atoms with E-state index < -0.39 is 51.4 Å². The zero-order chi connectivity index (χ0) is 23.3. The Kier molecular flexibility index (Phi) is 5.10. The van der Waals surface area contributed by atoms with Gasteiger partial charge in [-0.25, -0.2) is 28.1 Å². The smallest absolute Gasteiger partial charge is 0.247 e. The molecule has 0 radical (unpaired) electrons. The van der Waals surface area contributed by atoms with E-state index in [4.69, 9.17) is 14.9 Å². The zero-order valence-electron chi connectivity index (χ0n) is 16.8. The van der Waals surface area contributed by atoms with Gasteiger partial charge in [-0.1, -0.05) is 12.1 Å². The Morgan fingerprint density at radius 1 is 1.15 bits per heavy atom. The fourth-order valence-electron chi connectivity index (χ4n) is 3.70. The van der Waals surface area contributed by atoms with Crippen LogP contribution in [-0.4, -0.2) is 63.0 Å². The van der Waals surface area contributed by atoms with Crippen LogP contribution in [0.25, 0.3) is 22.1 Å². The van der Waals surface area contributed by atoms with E-state index in [1.165, 1.54) is 23.3 Å². The largest absolute Gasteiger partial charge is 0.463 e. The summed E-state index contributed by atoms with van der Waals surface area (Å²) in [5.41, 5.74) is 5.85. The Bertz CT molecular complexity index is 1520. The lowest BCUT2D eigenvalue weighted by molar-refractivity contribution is -0.0330. The van der Waals surface area contributed by atoms with Crippen molar-refractivity contribution in [2.45, 2.75) is 29.4 Å². The average molecular weight is 474 g/mol. The Morgan fingerprint density at radius 2 is 1.94 bits per heavy atom. The lowest BCUT2D eigenvalue weighted by Gasteiger charge is -2.16. The number of imidazole rings is 1. The minimum Gasteiger partial charge on any atom is -0.463 e. The topological polar surface area (TPSA) is 196 Å².